The van der Waals surface area contributed by atoms with E-state index in [4.69, 9.17) is 9.47 Å². The SMILES string of the molecule is CC1CCC(C2CCC(OC(F)(F)c3cc(F)c(F)c(F)c3)CC2)OC1. The highest BCUT2D eigenvalue weighted by Crippen LogP contribution is 2.39. The predicted molar refractivity (Wildman–Crippen MR) is 85.2 cm³/mol. The molecule has 3 rings (SSSR count). The van der Waals surface area contributed by atoms with Crippen LogP contribution in [0.4, 0.5) is 22.0 Å². The van der Waals surface area contributed by atoms with Crippen molar-refractivity contribution in [3.05, 3.63) is 35.1 Å². The van der Waals surface area contributed by atoms with Crippen LogP contribution in [-0.2, 0) is 15.6 Å². The Labute approximate surface area is 149 Å². The monoisotopic (exact) mass is 378 g/mol. The van der Waals surface area contributed by atoms with Crippen LogP contribution in [0.5, 0.6) is 0 Å². The molecule has 26 heavy (non-hydrogen) atoms. The maximum absolute atomic E-state index is 14.2. The van der Waals surface area contributed by atoms with E-state index in [2.05, 4.69) is 6.92 Å². The average molecular weight is 378 g/mol. The van der Waals surface area contributed by atoms with Crippen molar-refractivity contribution in [1.29, 1.82) is 0 Å². The summed E-state index contributed by atoms with van der Waals surface area (Å²) in [6.07, 6.45) is -0.0128. The first-order valence-electron chi connectivity index (χ1n) is 9.08. The van der Waals surface area contributed by atoms with Crippen LogP contribution in [0.1, 0.15) is 51.0 Å². The van der Waals surface area contributed by atoms with E-state index >= 15 is 0 Å². The van der Waals surface area contributed by atoms with Crippen molar-refractivity contribution < 1.29 is 31.4 Å². The molecule has 2 atom stereocenters. The van der Waals surface area contributed by atoms with Gasteiger partial charge in [-0.3, -0.25) is 0 Å². The maximum atomic E-state index is 14.2. The first-order chi connectivity index (χ1) is 12.3. The molecule has 0 amide bonds. The molecule has 1 saturated carbocycles. The zero-order chi connectivity index (χ0) is 18.9. The second-order valence-electron chi connectivity index (χ2n) is 7.48. The maximum Gasteiger partial charge on any atom is 0.383 e. The smallest absolute Gasteiger partial charge is 0.378 e. The van der Waals surface area contributed by atoms with Gasteiger partial charge in [-0.05, 0) is 62.5 Å². The zero-order valence-corrected chi connectivity index (χ0v) is 14.6. The molecule has 2 unspecified atom stereocenters. The summed E-state index contributed by atoms with van der Waals surface area (Å²) >= 11 is 0. The van der Waals surface area contributed by atoms with E-state index in [0.29, 0.717) is 37.5 Å². The van der Waals surface area contributed by atoms with E-state index in [0.717, 1.165) is 19.4 Å². The molecule has 0 bridgehead atoms. The average Bonchev–Trinajstić information content (AvgIpc) is 2.60. The highest BCUT2D eigenvalue weighted by molar-refractivity contribution is 5.22. The number of hydrogen-bond acceptors (Lipinski definition) is 2. The van der Waals surface area contributed by atoms with Gasteiger partial charge in [-0.1, -0.05) is 6.92 Å². The lowest BCUT2D eigenvalue weighted by Crippen LogP contribution is -2.36. The minimum absolute atomic E-state index is 0.174. The third-order valence-electron chi connectivity index (χ3n) is 5.42. The second-order valence-corrected chi connectivity index (χ2v) is 7.48. The van der Waals surface area contributed by atoms with Gasteiger partial charge in [0.1, 0.15) is 0 Å². The van der Waals surface area contributed by atoms with Crippen molar-refractivity contribution >= 4 is 0 Å². The molecule has 1 saturated heterocycles. The van der Waals surface area contributed by atoms with Gasteiger partial charge in [0.15, 0.2) is 17.5 Å². The first kappa shape index (κ1) is 19.5. The quantitative estimate of drug-likeness (QED) is 0.506. The molecule has 1 aromatic carbocycles. The molecule has 1 aliphatic heterocycles. The number of ether oxygens (including phenoxy) is 2. The van der Waals surface area contributed by atoms with Gasteiger partial charge in [0.05, 0.1) is 17.8 Å². The molecule has 1 aromatic rings. The summed E-state index contributed by atoms with van der Waals surface area (Å²) in [4.78, 5) is 0. The van der Waals surface area contributed by atoms with E-state index in [1.54, 1.807) is 0 Å². The van der Waals surface area contributed by atoms with Crippen LogP contribution in [0.25, 0.3) is 0 Å². The predicted octanol–water partition coefficient (Wildman–Crippen LogP) is 5.54. The molecule has 0 spiro atoms. The first-order valence-corrected chi connectivity index (χ1v) is 9.08. The molecule has 1 heterocycles. The molecule has 2 aliphatic rings. The third-order valence-corrected chi connectivity index (χ3v) is 5.42. The summed E-state index contributed by atoms with van der Waals surface area (Å²) in [6, 6.07) is 0.558. The molecule has 0 aromatic heterocycles. The molecule has 146 valence electrons. The Balaban J connectivity index is 1.56. The molecular weight excluding hydrogens is 355 g/mol. The minimum Gasteiger partial charge on any atom is -0.378 e. The minimum atomic E-state index is -3.87. The van der Waals surface area contributed by atoms with Crippen molar-refractivity contribution in [2.24, 2.45) is 11.8 Å². The molecule has 0 radical (unpaired) electrons. The Morgan fingerprint density at radius 1 is 0.962 bits per heavy atom. The lowest BCUT2D eigenvalue weighted by Gasteiger charge is -2.37. The lowest BCUT2D eigenvalue weighted by atomic mass is 9.80. The molecule has 1 aliphatic carbocycles. The van der Waals surface area contributed by atoms with Gasteiger partial charge in [-0.15, -0.1) is 0 Å². The number of halogens is 5. The van der Waals surface area contributed by atoms with Gasteiger partial charge in [-0.2, -0.15) is 8.78 Å². The summed E-state index contributed by atoms with van der Waals surface area (Å²) in [5.74, 6) is -4.20. The van der Waals surface area contributed by atoms with E-state index in [9.17, 15) is 22.0 Å². The molecule has 2 fully saturated rings. The van der Waals surface area contributed by atoms with Crippen LogP contribution >= 0.6 is 0 Å². The Morgan fingerprint density at radius 3 is 2.12 bits per heavy atom. The third kappa shape index (κ3) is 4.36. The number of alkyl halides is 2. The fourth-order valence-corrected chi connectivity index (χ4v) is 3.85. The van der Waals surface area contributed by atoms with Crippen LogP contribution in [0, 0.1) is 29.3 Å². The number of benzene rings is 1. The van der Waals surface area contributed by atoms with Crippen molar-refractivity contribution in [2.75, 3.05) is 6.61 Å². The number of hydrogen-bond donors (Lipinski definition) is 0. The van der Waals surface area contributed by atoms with Crippen LogP contribution in [0.2, 0.25) is 0 Å². The van der Waals surface area contributed by atoms with Crippen LogP contribution < -0.4 is 0 Å². The largest absolute Gasteiger partial charge is 0.383 e. The Hall–Kier alpha value is -1.21. The summed E-state index contributed by atoms with van der Waals surface area (Å²) < 4.78 is 78.5. The van der Waals surface area contributed by atoms with Crippen LogP contribution in [0.3, 0.4) is 0 Å². The van der Waals surface area contributed by atoms with E-state index in [1.165, 1.54) is 0 Å². The van der Waals surface area contributed by atoms with Gasteiger partial charge < -0.3 is 9.47 Å². The fraction of sp³-hybridized carbons (Fsp3) is 0.684. The fourth-order valence-electron chi connectivity index (χ4n) is 3.85. The summed E-state index contributed by atoms with van der Waals surface area (Å²) in [5, 5.41) is 0. The van der Waals surface area contributed by atoms with Crippen LogP contribution in [0.15, 0.2) is 12.1 Å². The summed E-state index contributed by atoms with van der Waals surface area (Å²) in [6.45, 7) is 2.88. The van der Waals surface area contributed by atoms with Gasteiger partial charge in [0.25, 0.3) is 0 Å². The summed E-state index contributed by atoms with van der Waals surface area (Å²) in [7, 11) is 0. The van der Waals surface area contributed by atoms with Crippen molar-refractivity contribution in [2.45, 2.75) is 63.8 Å². The Morgan fingerprint density at radius 2 is 1.58 bits per heavy atom. The van der Waals surface area contributed by atoms with Gasteiger partial charge >= 0.3 is 6.11 Å². The molecule has 0 N–H and O–H groups in total. The number of rotatable bonds is 4. The lowest BCUT2D eigenvalue weighted by molar-refractivity contribution is -0.279. The van der Waals surface area contributed by atoms with Gasteiger partial charge in [0.2, 0.25) is 0 Å². The molecule has 2 nitrogen and oxygen atoms in total. The highest BCUT2D eigenvalue weighted by Gasteiger charge is 2.40. The van der Waals surface area contributed by atoms with Gasteiger partial charge in [-0.25, -0.2) is 13.2 Å². The summed E-state index contributed by atoms with van der Waals surface area (Å²) in [5.41, 5.74) is -1.01. The standard InChI is InChI=1S/C19H23F5O2/c1-11-2-7-17(25-10-11)12-3-5-14(6-4-12)26-19(23,24)13-8-15(20)18(22)16(21)9-13/h8-9,11-12,14,17H,2-7,10H2,1H3. The van der Waals surface area contributed by atoms with Gasteiger partial charge in [0, 0.05) is 6.61 Å². The highest BCUT2D eigenvalue weighted by atomic mass is 19.3. The van der Waals surface area contributed by atoms with E-state index < -0.39 is 35.2 Å². The van der Waals surface area contributed by atoms with Crippen molar-refractivity contribution in [3.8, 4) is 0 Å². The molecular formula is C19H23F5O2. The van der Waals surface area contributed by atoms with Crippen molar-refractivity contribution in [3.63, 3.8) is 0 Å². The van der Waals surface area contributed by atoms with Crippen LogP contribution in [-0.4, -0.2) is 18.8 Å². The van der Waals surface area contributed by atoms with E-state index in [-0.39, 0.29) is 18.2 Å². The molecule has 7 heteroatoms. The normalized spacial score (nSPS) is 30.4. The topological polar surface area (TPSA) is 18.5 Å². The van der Waals surface area contributed by atoms with E-state index in [1.807, 2.05) is 0 Å². The van der Waals surface area contributed by atoms with Crippen molar-refractivity contribution in [1.82, 2.24) is 0 Å². The second kappa shape index (κ2) is 7.80. The Kier molecular flexibility index (Phi) is 5.87. The zero-order valence-electron chi connectivity index (χ0n) is 14.6. The Bertz CT molecular complexity index is 597.